The normalized spacial score (nSPS) is 58.2. The molecule has 0 aliphatic heterocycles. The van der Waals surface area contributed by atoms with Gasteiger partial charge in [0.15, 0.2) is 5.79 Å². The van der Waals surface area contributed by atoms with Crippen LogP contribution in [0.2, 0.25) is 0 Å². The standard InChI is InChI=1S/C19H31BrO3/c1-17-7-5-12(21)9-11(17)3-4-13-14(17)6-8-18(2)15(13)10-16(20)19(18,22)23/h11-16,21-23H,3-10H2,1-2H3/t11-,12-,13+,14-,15-,16+,17-,18-/m0/s1. The lowest BCUT2D eigenvalue weighted by Crippen LogP contribution is -2.57. The van der Waals surface area contributed by atoms with E-state index in [4.69, 9.17) is 0 Å². The molecule has 4 aliphatic rings. The summed E-state index contributed by atoms with van der Waals surface area (Å²) in [4.78, 5) is -0.206. The van der Waals surface area contributed by atoms with Crippen molar-refractivity contribution in [1.82, 2.24) is 0 Å². The van der Waals surface area contributed by atoms with E-state index in [1.807, 2.05) is 0 Å². The molecule has 0 heterocycles. The molecular formula is C19H31BrO3. The van der Waals surface area contributed by atoms with Gasteiger partial charge >= 0.3 is 0 Å². The zero-order valence-corrected chi connectivity index (χ0v) is 15.9. The summed E-state index contributed by atoms with van der Waals surface area (Å²) < 4.78 is 0. The van der Waals surface area contributed by atoms with Crippen LogP contribution in [0.4, 0.5) is 0 Å². The van der Waals surface area contributed by atoms with Crippen LogP contribution in [0.15, 0.2) is 0 Å². The fourth-order valence-corrected chi connectivity index (χ4v) is 8.12. The quantitative estimate of drug-likeness (QED) is 0.441. The first kappa shape index (κ1) is 16.8. The molecule has 0 bridgehead atoms. The molecule has 0 aromatic rings. The lowest BCUT2D eigenvalue weighted by Gasteiger charge is -2.61. The minimum Gasteiger partial charge on any atom is -0.393 e. The number of hydrogen-bond acceptors (Lipinski definition) is 3. The minimum absolute atomic E-state index is 0.0978. The zero-order chi connectivity index (χ0) is 16.6. The Morgan fingerprint density at radius 2 is 1.65 bits per heavy atom. The van der Waals surface area contributed by atoms with Gasteiger partial charge < -0.3 is 15.3 Å². The van der Waals surface area contributed by atoms with E-state index >= 15 is 0 Å². The maximum Gasteiger partial charge on any atom is 0.181 e. The molecule has 132 valence electrons. The van der Waals surface area contributed by atoms with Crippen molar-refractivity contribution in [2.75, 3.05) is 0 Å². The number of halogens is 1. The van der Waals surface area contributed by atoms with Gasteiger partial charge in [-0.15, -0.1) is 0 Å². The largest absolute Gasteiger partial charge is 0.393 e. The summed E-state index contributed by atoms with van der Waals surface area (Å²) in [5.74, 6) is 0.798. The molecule has 4 fully saturated rings. The Bertz CT molecular complexity index is 495. The third-order valence-electron chi connectivity index (χ3n) is 8.77. The van der Waals surface area contributed by atoms with Crippen molar-refractivity contribution in [1.29, 1.82) is 0 Å². The van der Waals surface area contributed by atoms with Crippen LogP contribution in [-0.4, -0.2) is 32.0 Å². The lowest BCUT2D eigenvalue weighted by atomic mass is 9.45. The second-order valence-corrected chi connectivity index (χ2v) is 10.6. The van der Waals surface area contributed by atoms with Gasteiger partial charge in [0.1, 0.15) is 0 Å². The maximum atomic E-state index is 10.7. The van der Waals surface area contributed by atoms with Crippen LogP contribution in [0.1, 0.15) is 65.2 Å². The third kappa shape index (κ3) is 2.10. The van der Waals surface area contributed by atoms with Gasteiger partial charge in [-0.1, -0.05) is 29.8 Å². The van der Waals surface area contributed by atoms with E-state index in [0.29, 0.717) is 29.1 Å². The highest BCUT2D eigenvalue weighted by Crippen LogP contribution is 2.68. The molecule has 4 rings (SSSR count). The van der Waals surface area contributed by atoms with Crippen LogP contribution < -0.4 is 0 Å². The van der Waals surface area contributed by atoms with Crippen molar-refractivity contribution in [2.24, 2.45) is 34.5 Å². The Morgan fingerprint density at radius 1 is 0.913 bits per heavy atom. The van der Waals surface area contributed by atoms with Gasteiger partial charge in [0.25, 0.3) is 0 Å². The van der Waals surface area contributed by atoms with Gasteiger partial charge in [0.05, 0.1) is 10.9 Å². The highest BCUT2D eigenvalue weighted by atomic mass is 79.9. The van der Waals surface area contributed by atoms with Crippen molar-refractivity contribution in [3.05, 3.63) is 0 Å². The molecule has 3 nitrogen and oxygen atoms in total. The minimum atomic E-state index is -1.58. The highest BCUT2D eigenvalue weighted by Gasteiger charge is 2.67. The van der Waals surface area contributed by atoms with Gasteiger partial charge in [-0.05, 0) is 80.5 Å². The predicted octanol–water partition coefficient (Wildman–Crippen LogP) is 3.44. The van der Waals surface area contributed by atoms with Crippen LogP contribution in [0.5, 0.6) is 0 Å². The number of aliphatic hydroxyl groups is 3. The molecular weight excluding hydrogens is 356 g/mol. The molecule has 0 spiro atoms. The van der Waals surface area contributed by atoms with Crippen molar-refractivity contribution < 1.29 is 15.3 Å². The molecule has 23 heavy (non-hydrogen) atoms. The van der Waals surface area contributed by atoms with E-state index in [9.17, 15) is 15.3 Å². The Kier molecular flexibility index (Phi) is 3.79. The second-order valence-electron chi connectivity index (χ2n) is 9.47. The topological polar surface area (TPSA) is 60.7 Å². The molecule has 4 aliphatic carbocycles. The highest BCUT2D eigenvalue weighted by molar-refractivity contribution is 9.09. The maximum absolute atomic E-state index is 10.7. The molecule has 0 unspecified atom stereocenters. The predicted molar refractivity (Wildman–Crippen MR) is 93.0 cm³/mol. The van der Waals surface area contributed by atoms with Crippen molar-refractivity contribution >= 4 is 15.9 Å². The zero-order valence-electron chi connectivity index (χ0n) is 14.3. The molecule has 8 atom stereocenters. The van der Waals surface area contributed by atoms with Crippen LogP contribution in [0.25, 0.3) is 0 Å². The van der Waals surface area contributed by atoms with Gasteiger partial charge in [-0.2, -0.15) is 0 Å². The SMILES string of the molecule is C[C@]12CC[C@H](O)C[C@@H]1CC[C@@H]1[C@@H]2CC[C@@]2(C)[C@H]1C[C@@H](Br)C2(O)O. The van der Waals surface area contributed by atoms with Crippen molar-refractivity contribution in [2.45, 2.75) is 81.9 Å². The first-order valence-electron chi connectivity index (χ1n) is 9.47. The summed E-state index contributed by atoms with van der Waals surface area (Å²) in [5, 5.41) is 31.5. The number of aliphatic hydroxyl groups excluding tert-OH is 1. The number of alkyl halides is 1. The number of rotatable bonds is 0. The molecule has 0 aromatic heterocycles. The summed E-state index contributed by atoms with van der Waals surface area (Å²) in [5.41, 5.74) is -0.0266. The Balaban J connectivity index is 1.65. The second kappa shape index (κ2) is 5.18. The lowest BCUT2D eigenvalue weighted by molar-refractivity contribution is -0.249. The Morgan fingerprint density at radius 3 is 2.39 bits per heavy atom. The molecule has 3 N–H and O–H groups in total. The molecule has 0 saturated heterocycles. The fourth-order valence-electron chi connectivity index (χ4n) is 7.19. The fraction of sp³-hybridized carbons (Fsp3) is 1.00. The molecule has 0 radical (unpaired) electrons. The Hall–Kier alpha value is 0.360. The van der Waals surface area contributed by atoms with Gasteiger partial charge in [-0.25, -0.2) is 0 Å². The molecule has 4 heteroatoms. The average molecular weight is 387 g/mol. The third-order valence-corrected chi connectivity index (χ3v) is 9.78. The molecule has 0 aromatic carbocycles. The van der Waals surface area contributed by atoms with E-state index in [1.165, 1.54) is 12.8 Å². The smallest absolute Gasteiger partial charge is 0.181 e. The van der Waals surface area contributed by atoms with Crippen molar-refractivity contribution in [3.8, 4) is 0 Å². The molecule has 0 amide bonds. The Labute approximate surface area is 148 Å². The summed E-state index contributed by atoms with van der Waals surface area (Å²) in [6.45, 7) is 4.57. The van der Waals surface area contributed by atoms with E-state index in [1.54, 1.807) is 0 Å². The summed E-state index contributed by atoms with van der Waals surface area (Å²) in [6, 6.07) is 0. The van der Waals surface area contributed by atoms with Crippen LogP contribution in [0.3, 0.4) is 0 Å². The first-order chi connectivity index (χ1) is 10.7. The summed E-state index contributed by atoms with van der Waals surface area (Å²) >= 11 is 3.56. The van der Waals surface area contributed by atoms with Crippen molar-refractivity contribution in [3.63, 3.8) is 0 Å². The van der Waals surface area contributed by atoms with Gasteiger partial charge in [0, 0.05) is 5.41 Å². The van der Waals surface area contributed by atoms with Gasteiger partial charge in [0.2, 0.25) is 0 Å². The van der Waals surface area contributed by atoms with E-state index in [-0.39, 0.29) is 16.3 Å². The van der Waals surface area contributed by atoms with Crippen LogP contribution >= 0.6 is 15.9 Å². The first-order valence-corrected chi connectivity index (χ1v) is 10.4. The average Bonchev–Trinajstić information content (AvgIpc) is 2.67. The van der Waals surface area contributed by atoms with Crippen LogP contribution in [-0.2, 0) is 0 Å². The molecule has 4 saturated carbocycles. The van der Waals surface area contributed by atoms with E-state index in [0.717, 1.165) is 38.5 Å². The summed E-state index contributed by atoms with van der Waals surface area (Å²) in [7, 11) is 0. The van der Waals surface area contributed by atoms with E-state index in [2.05, 4.69) is 29.8 Å². The van der Waals surface area contributed by atoms with Crippen LogP contribution in [0, 0.1) is 34.5 Å². The summed E-state index contributed by atoms with van der Waals surface area (Å²) in [6.07, 6.45) is 8.29. The van der Waals surface area contributed by atoms with E-state index < -0.39 is 5.79 Å². The number of hydrogen-bond donors (Lipinski definition) is 3. The number of fused-ring (bicyclic) bond motifs is 5. The van der Waals surface area contributed by atoms with Gasteiger partial charge in [-0.3, -0.25) is 0 Å². The monoisotopic (exact) mass is 386 g/mol.